The molecule has 2 aliphatic carbocycles. The van der Waals surface area contributed by atoms with Gasteiger partial charge in [0.05, 0.1) is 11.0 Å². The van der Waals surface area contributed by atoms with E-state index in [4.69, 9.17) is 18.0 Å². The van der Waals surface area contributed by atoms with Crippen molar-refractivity contribution in [2.75, 3.05) is 0 Å². The average molecular weight is 356 g/mol. The van der Waals surface area contributed by atoms with Gasteiger partial charge in [0, 0.05) is 22.5 Å². The number of nitrogens with two attached hydrogens (primary N) is 1. The summed E-state index contributed by atoms with van der Waals surface area (Å²) in [7, 11) is 0. The summed E-state index contributed by atoms with van der Waals surface area (Å²) in [5.74, 6) is 1.11. The fourth-order valence-corrected chi connectivity index (χ4v) is 4.31. The second-order valence-corrected chi connectivity index (χ2v) is 8.21. The van der Waals surface area contributed by atoms with Crippen molar-refractivity contribution in [3.8, 4) is 0 Å². The van der Waals surface area contributed by atoms with Crippen LogP contribution >= 0.6 is 12.2 Å². The van der Waals surface area contributed by atoms with Crippen LogP contribution in [0.2, 0.25) is 0 Å². The zero-order valence-electron chi connectivity index (χ0n) is 14.5. The Labute approximate surface area is 153 Å². The number of H-pyrrole nitrogens is 1. The van der Waals surface area contributed by atoms with Crippen LogP contribution in [-0.2, 0) is 11.2 Å². The zero-order valence-corrected chi connectivity index (χ0v) is 15.4. The number of nitrogens with one attached hydrogen (secondary N) is 2. The van der Waals surface area contributed by atoms with Crippen LogP contribution in [0.3, 0.4) is 0 Å². The molecule has 1 amide bonds. The van der Waals surface area contributed by atoms with Gasteiger partial charge in [-0.3, -0.25) is 4.79 Å². The number of hydrogen-bond acceptors (Lipinski definition) is 2. The quantitative estimate of drug-likeness (QED) is 0.720. The molecule has 0 saturated heterocycles. The number of fused-ring (bicyclic) bond motifs is 3. The molecule has 3 atom stereocenters. The Morgan fingerprint density at radius 1 is 1.40 bits per heavy atom. The van der Waals surface area contributed by atoms with Crippen molar-refractivity contribution in [1.82, 2.24) is 10.3 Å². The first-order chi connectivity index (χ1) is 12.0. The molecule has 2 aromatic rings. The summed E-state index contributed by atoms with van der Waals surface area (Å²) < 4.78 is 0. The molecule has 1 fully saturated rings. The summed E-state index contributed by atoms with van der Waals surface area (Å²) in [6, 6.07) is 8.19. The second kappa shape index (κ2) is 6.45. The van der Waals surface area contributed by atoms with Crippen LogP contribution in [0.25, 0.3) is 10.9 Å². The number of carbonyl (C=O) groups excluding carboxylic acids is 1. The summed E-state index contributed by atoms with van der Waals surface area (Å²) in [6.45, 7) is 2.20. The molecule has 0 spiro atoms. The third-order valence-electron chi connectivity index (χ3n) is 5.72. The lowest BCUT2D eigenvalue weighted by molar-refractivity contribution is -0.125. The minimum Gasteiger partial charge on any atom is -0.392 e. The molecule has 4 rings (SSSR count). The van der Waals surface area contributed by atoms with Crippen LogP contribution in [0, 0.1) is 11.8 Å². The molecule has 2 aliphatic rings. The van der Waals surface area contributed by atoms with Gasteiger partial charge in [-0.15, -0.1) is 0 Å². The van der Waals surface area contributed by atoms with E-state index in [1.54, 1.807) is 0 Å². The van der Waals surface area contributed by atoms with Crippen molar-refractivity contribution in [3.05, 3.63) is 35.5 Å². The van der Waals surface area contributed by atoms with Crippen molar-refractivity contribution in [2.45, 2.75) is 51.0 Å². The van der Waals surface area contributed by atoms with Gasteiger partial charge in [0.25, 0.3) is 0 Å². The van der Waals surface area contributed by atoms with Crippen molar-refractivity contribution in [3.63, 3.8) is 0 Å². The van der Waals surface area contributed by atoms with Gasteiger partial charge in [-0.2, -0.15) is 0 Å². The highest BCUT2D eigenvalue weighted by Gasteiger charge is 2.34. The monoisotopic (exact) mass is 355 g/mol. The van der Waals surface area contributed by atoms with Gasteiger partial charge < -0.3 is 16.0 Å². The first kappa shape index (κ1) is 16.6. The molecule has 5 heteroatoms. The normalized spacial score (nSPS) is 23.9. The number of hydrogen-bond donors (Lipinski definition) is 3. The number of aromatic amines is 1. The van der Waals surface area contributed by atoms with E-state index in [9.17, 15) is 4.79 Å². The molecule has 1 saturated carbocycles. The van der Waals surface area contributed by atoms with E-state index < -0.39 is 0 Å². The number of para-hydroxylation sites is 1. The van der Waals surface area contributed by atoms with Gasteiger partial charge in [0.1, 0.15) is 0 Å². The number of carbonyl (C=O) groups is 1. The highest BCUT2D eigenvalue weighted by molar-refractivity contribution is 7.80. The van der Waals surface area contributed by atoms with Crippen LogP contribution in [-0.4, -0.2) is 21.9 Å². The minimum absolute atomic E-state index is 0.0160. The molecular formula is C20H25N3OS. The van der Waals surface area contributed by atoms with Crippen LogP contribution in [0.5, 0.6) is 0 Å². The summed E-state index contributed by atoms with van der Waals surface area (Å²) in [4.78, 5) is 16.9. The van der Waals surface area contributed by atoms with E-state index in [2.05, 4.69) is 35.4 Å². The number of aromatic nitrogens is 1. The Morgan fingerprint density at radius 2 is 2.16 bits per heavy atom. The molecule has 0 aliphatic heterocycles. The Kier molecular flexibility index (Phi) is 4.28. The highest BCUT2D eigenvalue weighted by atomic mass is 32.1. The van der Waals surface area contributed by atoms with E-state index in [0.29, 0.717) is 16.8 Å². The van der Waals surface area contributed by atoms with Crippen LogP contribution in [0.4, 0.5) is 0 Å². The molecule has 1 aromatic carbocycles. The van der Waals surface area contributed by atoms with Crippen LogP contribution in [0.15, 0.2) is 24.3 Å². The minimum atomic E-state index is -0.158. The molecule has 132 valence electrons. The molecule has 1 heterocycles. The fraction of sp³-hybridized carbons (Fsp3) is 0.500. The topological polar surface area (TPSA) is 70.9 Å². The Balaban J connectivity index is 1.53. The van der Waals surface area contributed by atoms with Gasteiger partial charge in [0.2, 0.25) is 5.91 Å². The van der Waals surface area contributed by atoms with Crippen molar-refractivity contribution >= 4 is 34.0 Å². The van der Waals surface area contributed by atoms with Gasteiger partial charge in [-0.1, -0.05) is 50.2 Å². The SMILES string of the molecule is CC1CC(C(=O)N[C@@H](CC2CC2)C(N)=S)Cc2c1[nH]c1ccccc21. The summed E-state index contributed by atoms with van der Waals surface area (Å²) in [6.07, 6.45) is 4.99. The van der Waals surface area contributed by atoms with Gasteiger partial charge in [-0.25, -0.2) is 0 Å². The molecule has 0 radical (unpaired) electrons. The highest BCUT2D eigenvalue weighted by Crippen LogP contribution is 2.39. The Morgan fingerprint density at radius 3 is 2.88 bits per heavy atom. The van der Waals surface area contributed by atoms with Crippen LogP contribution in [0.1, 0.15) is 49.8 Å². The lowest BCUT2D eigenvalue weighted by Gasteiger charge is -2.28. The number of thiocarbonyl (C=S) groups is 1. The Bertz CT molecular complexity index is 823. The zero-order chi connectivity index (χ0) is 17.6. The number of benzene rings is 1. The Hall–Kier alpha value is -1.88. The first-order valence-electron chi connectivity index (χ1n) is 9.22. The lowest BCUT2D eigenvalue weighted by atomic mass is 9.80. The largest absolute Gasteiger partial charge is 0.392 e. The maximum absolute atomic E-state index is 12.9. The van der Waals surface area contributed by atoms with E-state index >= 15 is 0 Å². The molecule has 25 heavy (non-hydrogen) atoms. The summed E-state index contributed by atoms with van der Waals surface area (Å²) in [5, 5.41) is 4.38. The standard InChI is InChI=1S/C20H25N3OS/c1-11-8-13(20(24)23-17(19(21)25)9-12-6-7-12)10-15-14-4-2-3-5-16(14)22-18(11)15/h2-5,11-13,17,22H,6-10H2,1H3,(H2,21,25)(H,23,24)/t11?,13?,17-/m0/s1. The molecule has 2 unspecified atom stereocenters. The lowest BCUT2D eigenvalue weighted by Crippen LogP contribution is -2.47. The van der Waals surface area contributed by atoms with E-state index in [1.807, 2.05) is 6.07 Å². The third kappa shape index (κ3) is 3.30. The second-order valence-electron chi connectivity index (χ2n) is 7.74. The molecular weight excluding hydrogens is 330 g/mol. The molecule has 0 bridgehead atoms. The van der Waals surface area contributed by atoms with Gasteiger partial charge in [0.15, 0.2) is 0 Å². The summed E-state index contributed by atoms with van der Waals surface area (Å²) in [5.41, 5.74) is 9.61. The maximum Gasteiger partial charge on any atom is 0.224 e. The van der Waals surface area contributed by atoms with E-state index in [1.165, 1.54) is 29.5 Å². The molecule has 4 N–H and O–H groups in total. The molecule has 1 aromatic heterocycles. The van der Waals surface area contributed by atoms with Crippen molar-refractivity contribution in [1.29, 1.82) is 0 Å². The maximum atomic E-state index is 12.9. The fourth-order valence-electron chi connectivity index (χ4n) is 4.16. The van der Waals surface area contributed by atoms with E-state index in [-0.39, 0.29) is 17.9 Å². The predicted molar refractivity (Wildman–Crippen MR) is 105 cm³/mol. The van der Waals surface area contributed by atoms with Crippen molar-refractivity contribution < 1.29 is 4.79 Å². The predicted octanol–water partition coefficient (Wildman–Crippen LogP) is 3.40. The molecule has 4 nitrogen and oxygen atoms in total. The number of rotatable bonds is 5. The first-order valence-corrected chi connectivity index (χ1v) is 9.63. The van der Waals surface area contributed by atoms with Gasteiger partial charge in [-0.05, 0) is 42.7 Å². The van der Waals surface area contributed by atoms with Crippen LogP contribution < -0.4 is 11.1 Å². The van der Waals surface area contributed by atoms with E-state index in [0.717, 1.165) is 24.8 Å². The third-order valence-corrected chi connectivity index (χ3v) is 6.01. The average Bonchev–Trinajstić information content (AvgIpc) is 3.32. The summed E-state index contributed by atoms with van der Waals surface area (Å²) >= 11 is 5.18. The van der Waals surface area contributed by atoms with Crippen molar-refractivity contribution in [2.24, 2.45) is 17.6 Å². The van der Waals surface area contributed by atoms with Gasteiger partial charge >= 0.3 is 0 Å². The smallest absolute Gasteiger partial charge is 0.224 e. The number of amides is 1.